The lowest BCUT2D eigenvalue weighted by molar-refractivity contribution is -0.384. The van der Waals surface area contributed by atoms with Crippen LogP contribution >= 0.6 is 11.8 Å². The van der Waals surface area contributed by atoms with Crippen molar-refractivity contribution in [3.8, 4) is 0 Å². The van der Waals surface area contributed by atoms with E-state index >= 15 is 0 Å². The van der Waals surface area contributed by atoms with Crippen LogP contribution in [-0.2, 0) is 30.2 Å². The maximum atomic E-state index is 13.6. The van der Waals surface area contributed by atoms with Gasteiger partial charge in [-0.25, -0.2) is 4.79 Å². The van der Waals surface area contributed by atoms with Gasteiger partial charge in [-0.2, -0.15) is 0 Å². The summed E-state index contributed by atoms with van der Waals surface area (Å²) < 4.78 is 12.3. The minimum atomic E-state index is -1.96. The van der Waals surface area contributed by atoms with Gasteiger partial charge in [-0.3, -0.25) is 19.7 Å². The van der Waals surface area contributed by atoms with Crippen LogP contribution in [0.15, 0.2) is 45.8 Å². The maximum absolute atomic E-state index is 13.6. The third-order valence-electron chi connectivity index (χ3n) is 8.46. The third-order valence-corrected chi connectivity index (χ3v) is 14.7. The van der Waals surface area contributed by atoms with E-state index in [0.29, 0.717) is 10.5 Å². The van der Waals surface area contributed by atoms with Gasteiger partial charge in [0, 0.05) is 33.9 Å². The van der Waals surface area contributed by atoms with E-state index < -0.39 is 19.2 Å². The Morgan fingerprint density at radius 2 is 1.77 bits per heavy atom. The van der Waals surface area contributed by atoms with Gasteiger partial charge in [0.2, 0.25) is 11.8 Å². The number of nitrogens with one attached hydrogen (secondary N) is 1. The highest BCUT2D eigenvalue weighted by Gasteiger charge is 2.61. The highest BCUT2D eigenvalue weighted by atomic mass is 32.2. The molecule has 1 aromatic carbocycles. The second-order valence-electron chi connectivity index (χ2n) is 10.7. The molecule has 0 radical (unpaired) electrons. The molecule has 3 aliphatic heterocycles. The molecule has 0 unspecified atom stereocenters. The molecule has 0 bridgehead atoms. The fraction of sp³-hybridized carbons (Fsp3) is 0.536. The van der Waals surface area contributed by atoms with Crippen molar-refractivity contribution in [1.29, 1.82) is 0 Å². The number of fused-ring (bicyclic) bond motifs is 1. The number of amides is 2. The first kappa shape index (κ1) is 30.0. The van der Waals surface area contributed by atoms with Crippen molar-refractivity contribution >= 4 is 43.6 Å². The van der Waals surface area contributed by atoms with Gasteiger partial charge in [-0.1, -0.05) is 39.5 Å². The Balaban J connectivity index is 1.59. The van der Waals surface area contributed by atoms with Gasteiger partial charge in [0.25, 0.3) is 5.69 Å². The minimum Gasteiger partial charge on any atom is -0.456 e. The summed E-state index contributed by atoms with van der Waals surface area (Å²) in [7, 11) is -1.96. The number of ether oxygens (including phenoxy) is 1. The van der Waals surface area contributed by atoms with Gasteiger partial charge >= 0.3 is 5.97 Å². The summed E-state index contributed by atoms with van der Waals surface area (Å²) in [6, 6.07) is 8.25. The summed E-state index contributed by atoms with van der Waals surface area (Å²) in [5, 5.41) is 13.8. The number of hydrogen-bond donors (Lipinski definition) is 1. The number of rotatable bonds is 12. The number of nitrogens with zero attached hydrogens (tertiary/aromatic N) is 2. The van der Waals surface area contributed by atoms with Crippen molar-refractivity contribution in [2.24, 2.45) is 11.8 Å². The van der Waals surface area contributed by atoms with E-state index in [9.17, 15) is 24.5 Å². The molecule has 10 nitrogen and oxygen atoms in total. The smallest absolute Gasteiger partial charge is 0.356 e. The second kappa shape index (κ2) is 11.9. The zero-order valence-electron chi connectivity index (χ0n) is 23.8. The second-order valence-corrected chi connectivity index (χ2v) is 16.5. The van der Waals surface area contributed by atoms with E-state index in [0.717, 1.165) is 23.0 Å². The number of hydrogen-bond acceptors (Lipinski definition) is 8. The lowest BCUT2D eigenvalue weighted by atomic mass is 9.79. The maximum Gasteiger partial charge on any atom is 0.356 e. The molecule has 40 heavy (non-hydrogen) atoms. The van der Waals surface area contributed by atoms with Crippen LogP contribution < -0.4 is 5.32 Å². The minimum absolute atomic E-state index is 0.0547. The molecule has 4 rings (SSSR count). The lowest BCUT2D eigenvalue weighted by Gasteiger charge is -2.49. The van der Waals surface area contributed by atoms with Crippen LogP contribution in [0, 0.1) is 22.0 Å². The van der Waals surface area contributed by atoms with Gasteiger partial charge in [-0.05, 0) is 49.7 Å². The van der Waals surface area contributed by atoms with Crippen LogP contribution in [0.5, 0.6) is 0 Å². The fourth-order valence-electron chi connectivity index (χ4n) is 5.86. The Morgan fingerprint density at radius 1 is 1.15 bits per heavy atom. The van der Waals surface area contributed by atoms with E-state index in [-0.39, 0.29) is 59.8 Å². The Kier molecular flexibility index (Phi) is 8.91. The molecule has 12 heteroatoms. The van der Waals surface area contributed by atoms with Gasteiger partial charge in [-0.15, -0.1) is 0 Å². The number of non-ortho nitro benzene ring substituents is 1. The molecule has 2 amide bonds. The SMILES string of the molecule is CC[Si](CC)(CC)O[C@H](C)[C@H]1C(=O)N2C(C(=O)OCc3ccc([N+](=O)[O-])cc3)=C(SC3=CC(=O)N[C@@H]3C)[C@H](C)[C@H]12. The number of nitro benzene ring substituents is 1. The summed E-state index contributed by atoms with van der Waals surface area (Å²) in [6.07, 6.45) is 1.25. The topological polar surface area (TPSA) is 128 Å². The lowest BCUT2D eigenvalue weighted by Crippen LogP contribution is -2.65. The van der Waals surface area contributed by atoms with Crippen molar-refractivity contribution in [2.45, 2.75) is 84.5 Å². The summed E-state index contributed by atoms with van der Waals surface area (Å²) >= 11 is 1.34. The van der Waals surface area contributed by atoms with Crippen LogP contribution in [0.3, 0.4) is 0 Å². The first-order valence-electron chi connectivity index (χ1n) is 13.8. The zero-order chi connectivity index (χ0) is 29.4. The number of esters is 1. The molecule has 0 spiro atoms. The molecule has 0 saturated carbocycles. The summed E-state index contributed by atoms with van der Waals surface area (Å²) in [4.78, 5) is 52.6. The van der Waals surface area contributed by atoms with Crippen molar-refractivity contribution < 1.29 is 28.5 Å². The average Bonchev–Trinajstić information content (AvgIpc) is 3.38. The Hall–Kier alpha value is -2.96. The molecular weight excluding hydrogens is 550 g/mol. The molecule has 3 heterocycles. The Labute approximate surface area is 239 Å². The molecule has 1 aromatic rings. The predicted octanol–water partition coefficient (Wildman–Crippen LogP) is 4.87. The number of carbonyl (C=O) groups excluding carboxylic acids is 3. The van der Waals surface area contributed by atoms with Gasteiger partial charge in [0.05, 0.1) is 29.0 Å². The number of β-lactam (4-membered cyclic amide) rings is 1. The van der Waals surface area contributed by atoms with Crippen molar-refractivity contribution in [3.05, 3.63) is 61.5 Å². The molecule has 1 fully saturated rings. The van der Waals surface area contributed by atoms with Gasteiger partial charge in [0.1, 0.15) is 12.3 Å². The van der Waals surface area contributed by atoms with E-state index in [1.165, 1.54) is 42.1 Å². The fourth-order valence-corrected chi connectivity index (χ4v) is 10.1. The van der Waals surface area contributed by atoms with E-state index in [4.69, 9.17) is 9.16 Å². The van der Waals surface area contributed by atoms with Crippen molar-refractivity contribution in [3.63, 3.8) is 0 Å². The summed E-state index contributed by atoms with van der Waals surface area (Å²) in [5.74, 6) is -1.53. The number of benzene rings is 1. The number of thioether (sulfide) groups is 1. The highest BCUT2D eigenvalue weighted by Crippen LogP contribution is 2.53. The predicted molar refractivity (Wildman–Crippen MR) is 154 cm³/mol. The highest BCUT2D eigenvalue weighted by molar-refractivity contribution is 8.06. The van der Waals surface area contributed by atoms with Crippen molar-refractivity contribution in [1.82, 2.24) is 10.2 Å². The Bertz CT molecular complexity index is 1250. The quantitative estimate of drug-likeness (QED) is 0.121. The van der Waals surface area contributed by atoms with E-state index in [2.05, 4.69) is 26.1 Å². The van der Waals surface area contributed by atoms with Gasteiger partial charge in [0.15, 0.2) is 8.32 Å². The average molecular weight is 588 g/mol. The first-order chi connectivity index (χ1) is 19.0. The number of nitro groups is 1. The third kappa shape index (κ3) is 5.48. The summed E-state index contributed by atoms with van der Waals surface area (Å²) in [5.41, 5.74) is 0.740. The Morgan fingerprint density at radius 3 is 2.30 bits per heavy atom. The molecule has 0 aromatic heterocycles. The van der Waals surface area contributed by atoms with Gasteiger partial charge < -0.3 is 19.4 Å². The molecule has 5 atom stereocenters. The molecule has 216 valence electrons. The van der Waals surface area contributed by atoms with Crippen LogP contribution in [0.1, 0.15) is 47.1 Å². The first-order valence-corrected chi connectivity index (χ1v) is 17.2. The van der Waals surface area contributed by atoms with Crippen LogP contribution in [0.2, 0.25) is 18.1 Å². The normalized spacial score (nSPS) is 24.9. The number of carbonyl (C=O) groups is 3. The zero-order valence-corrected chi connectivity index (χ0v) is 25.6. The molecular formula is C28H37N3O7SSi. The van der Waals surface area contributed by atoms with Crippen LogP contribution in [0.25, 0.3) is 0 Å². The molecule has 3 aliphatic rings. The molecule has 1 saturated heterocycles. The molecule has 1 N–H and O–H groups in total. The summed E-state index contributed by atoms with van der Waals surface area (Å²) in [6.45, 7) is 12.2. The van der Waals surface area contributed by atoms with E-state index in [1.54, 1.807) is 4.90 Å². The monoisotopic (exact) mass is 587 g/mol. The standard InChI is InChI=1S/C28H37N3O7SSi/c1-7-40(8-2,9-3)38-18(6)23-24-16(4)26(39-21-14-22(32)29-17(21)5)25(30(24)27(23)33)28(34)37-15-19-10-12-20(13-11-19)31(35)36/h10-14,16-18,23-24H,7-9,15H2,1-6H3,(H,29,32)/t16-,17-,18-,23-,24-/m1/s1. The van der Waals surface area contributed by atoms with Crippen LogP contribution in [0.4, 0.5) is 5.69 Å². The van der Waals surface area contributed by atoms with Crippen LogP contribution in [-0.4, -0.2) is 54.1 Å². The van der Waals surface area contributed by atoms with E-state index in [1.807, 2.05) is 20.8 Å². The molecule has 0 aliphatic carbocycles. The largest absolute Gasteiger partial charge is 0.456 e. The van der Waals surface area contributed by atoms with Crippen molar-refractivity contribution in [2.75, 3.05) is 0 Å².